The number of carbonyl (C=O) groups excluding carboxylic acids is 1. The number of aliphatic hydroxyl groups excluding tert-OH is 1. The van der Waals surface area contributed by atoms with Gasteiger partial charge in [-0.05, 0) is 39.0 Å². The van der Waals surface area contributed by atoms with E-state index >= 15 is 0 Å². The van der Waals surface area contributed by atoms with Gasteiger partial charge in [-0.1, -0.05) is 0 Å². The Hall–Kier alpha value is -1.96. The third-order valence-corrected chi connectivity index (χ3v) is 2.48. The minimum Gasteiger partial charge on any atom is -0.496 e. The third-order valence-electron chi connectivity index (χ3n) is 2.48. The minimum atomic E-state index is -4.85. The first-order valence-electron chi connectivity index (χ1n) is 6.37. The average molecular weight is 321 g/mol. The Bertz CT molecular complexity index is 538. The number of methoxy groups -OCH3 is 1. The van der Waals surface area contributed by atoms with Gasteiger partial charge in [0.2, 0.25) is 0 Å². The second-order valence-electron chi connectivity index (χ2n) is 5.53. The second kappa shape index (κ2) is 6.43. The van der Waals surface area contributed by atoms with Crippen LogP contribution >= 0.6 is 0 Å². The maximum absolute atomic E-state index is 12.7. The van der Waals surface area contributed by atoms with E-state index in [1.807, 2.05) is 0 Å². The fraction of sp³-hybridized carbons (Fsp3) is 0.500. The second-order valence-corrected chi connectivity index (χ2v) is 5.53. The van der Waals surface area contributed by atoms with Crippen LogP contribution in [0.15, 0.2) is 18.2 Å². The van der Waals surface area contributed by atoms with Crippen LogP contribution in [0, 0.1) is 0 Å². The Morgan fingerprint density at radius 3 is 2.32 bits per heavy atom. The molecule has 0 spiro atoms. The molecule has 1 amide bonds. The van der Waals surface area contributed by atoms with Crippen molar-refractivity contribution >= 4 is 11.8 Å². The van der Waals surface area contributed by atoms with Crippen molar-refractivity contribution in [3.63, 3.8) is 0 Å². The van der Waals surface area contributed by atoms with Gasteiger partial charge in [-0.25, -0.2) is 4.79 Å². The van der Waals surface area contributed by atoms with Crippen LogP contribution in [0.1, 0.15) is 32.4 Å². The van der Waals surface area contributed by atoms with Crippen LogP contribution < -0.4 is 10.1 Å². The molecule has 1 atom stereocenters. The van der Waals surface area contributed by atoms with Gasteiger partial charge < -0.3 is 14.6 Å². The van der Waals surface area contributed by atoms with Crippen molar-refractivity contribution in [2.75, 3.05) is 12.4 Å². The van der Waals surface area contributed by atoms with Crippen LogP contribution in [0.5, 0.6) is 5.75 Å². The van der Waals surface area contributed by atoms with Gasteiger partial charge in [-0.2, -0.15) is 13.2 Å². The molecule has 0 fully saturated rings. The highest BCUT2D eigenvalue weighted by molar-refractivity contribution is 5.85. The Morgan fingerprint density at radius 2 is 1.86 bits per heavy atom. The first kappa shape index (κ1) is 18.1. The number of hydrogen-bond acceptors (Lipinski definition) is 4. The van der Waals surface area contributed by atoms with Crippen molar-refractivity contribution in [3.05, 3.63) is 23.8 Å². The van der Waals surface area contributed by atoms with Crippen LogP contribution in [0.4, 0.5) is 23.7 Å². The van der Waals surface area contributed by atoms with E-state index in [2.05, 4.69) is 5.32 Å². The van der Waals surface area contributed by atoms with E-state index < -0.39 is 29.5 Å². The summed E-state index contributed by atoms with van der Waals surface area (Å²) < 4.78 is 47.7. The molecule has 1 aromatic rings. The molecule has 1 rings (SSSR count). The maximum atomic E-state index is 12.7. The summed E-state index contributed by atoms with van der Waals surface area (Å²) in [5.41, 5.74) is -1.19. The molecule has 0 unspecified atom stereocenters. The lowest BCUT2D eigenvalue weighted by atomic mass is 10.1. The van der Waals surface area contributed by atoms with E-state index in [9.17, 15) is 23.1 Å². The average Bonchev–Trinajstić information content (AvgIpc) is 2.34. The van der Waals surface area contributed by atoms with E-state index in [-0.39, 0.29) is 11.4 Å². The fourth-order valence-corrected chi connectivity index (χ4v) is 1.62. The van der Waals surface area contributed by atoms with E-state index in [1.165, 1.54) is 19.2 Å². The number of nitrogens with one attached hydrogen (secondary N) is 1. The SMILES string of the molecule is COc1ccc(NC(=O)OC(C)(C)C)cc1[C@H](O)C(F)(F)F. The summed E-state index contributed by atoms with van der Waals surface area (Å²) in [5, 5.41) is 11.7. The van der Waals surface area contributed by atoms with Crippen molar-refractivity contribution in [2.45, 2.75) is 38.7 Å². The van der Waals surface area contributed by atoms with E-state index in [0.29, 0.717) is 0 Å². The Kier molecular flexibility index (Phi) is 5.29. The highest BCUT2D eigenvalue weighted by Gasteiger charge is 2.41. The monoisotopic (exact) mass is 321 g/mol. The number of rotatable bonds is 3. The zero-order valence-corrected chi connectivity index (χ0v) is 12.6. The molecule has 5 nitrogen and oxygen atoms in total. The first-order chi connectivity index (χ1) is 9.94. The van der Waals surface area contributed by atoms with Crippen LogP contribution in [-0.4, -0.2) is 30.1 Å². The van der Waals surface area contributed by atoms with E-state index in [1.54, 1.807) is 20.8 Å². The van der Waals surface area contributed by atoms with Crippen molar-refractivity contribution in [3.8, 4) is 5.75 Å². The van der Waals surface area contributed by atoms with Gasteiger partial charge in [0.15, 0.2) is 6.10 Å². The lowest BCUT2D eigenvalue weighted by molar-refractivity contribution is -0.207. The van der Waals surface area contributed by atoms with Crippen molar-refractivity contribution in [2.24, 2.45) is 0 Å². The summed E-state index contributed by atoms with van der Waals surface area (Å²) in [6, 6.07) is 3.55. The predicted octanol–water partition coefficient (Wildman–Crippen LogP) is 3.64. The number of alkyl halides is 3. The molecule has 0 aromatic heterocycles. The number of halogens is 3. The molecule has 22 heavy (non-hydrogen) atoms. The quantitative estimate of drug-likeness (QED) is 0.892. The molecule has 0 aliphatic rings. The minimum absolute atomic E-state index is 0.0494. The van der Waals surface area contributed by atoms with Crippen LogP contribution in [0.25, 0.3) is 0 Å². The molecule has 2 N–H and O–H groups in total. The summed E-state index contributed by atoms with van der Waals surface area (Å²) in [4.78, 5) is 11.6. The molecule has 0 saturated heterocycles. The number of aliphatic hydroxyl groups is 1. The normalized spacial score (nSPS) is 13.5. The highest BCUT2D eigenvalue weighted by atomic mass is 19.4. The van der Waals surface area contributed by atoms with Gasteiger partial charge in [-0.15, -0.1) is 0 Å². The van der Waals surface area contributed by atoms with E-state index in [0.717, 1.165) is 6.07 Å². The molecule has 0 aliphatic heterocycles. The first-order valence-corrected chi connectivity index (χ1v) is 6.37. The number of amides is 1. The fourth-order valence-electron chi connectivity index (χ4n) is 1.62. The van der Waals surface area contributed by atoms with E-state index in [4.69, 9.17) is 9.47 Å². The molecule has 0 saturated carbocycles. The topological polar surface area (TPSA) is 67.8 Å². The van der Waals surface area contributed by atoms with Gasteiger partial charge in [-0.3, -0.25) is 5.32 Å². The zero-order chi connectivity index (χ0) is 17.1. The molecule has 0 radical (unpaired) electrons. The molecule has 0 aliphatic carbocycles. The third kappa shape index (κ3) is 5.10. The molecular formula is C14H18F3NO4. The van der Waals surface area contributed by atoms with Gasteiger partial charge in [0.05, 0.1) is 7.11 Å². The number of benzene rings is 1. The summed E-state index contributed by atoms with van der Waals surface area (Å²) in [6.07, 6.45) is -8.38. The molecule has 1 aromatic carbocycles. The van der Waals surface area contributed by atoms with Crippen molar-refractivity contribution in [1.29, 1.82) is 0 Å². The maximum Gasteiger partial charge on any atom is 0.418 e. The number of anilines is 1. The number of carbonyl (C=O) groups is 1. The van der Waals surface area contributed by atoms with Crippen LogP contribution in [0.3, 0.4) is 0 Å². The molecule has 8 heteroatoms. The smallest absolute Gasteiger partial charge is 0.418 e. The molecular weight excluding hydrogens is 303 g/mol. The highest BCUT2D eigenvalue weighted by Crippen LogP contribution is 2.38. The molecule has 0 bridgehead atoms. The Labute approximate surface area is 126 Å². The van der Waals surface area contributed by atoms with Crippen molar-refractivity contribution < 1.29 is 32.5 Å². The standard InChI is InChI=1S/C14H18F3NO4/c1-13(2,3)22-12(20)18-8-5-6-10(21-4)9(7-8)11(19)14(15,16)17/h5-7,11,19H,1-4H3,(H,18,20)/t11-/m0/s1. The summed E-state index contributed by atoms with van der Waals surface area (Å²) in [6.45, 7) is 4.96. The molecule has 0 heterocycles. The van der Waals surface area contributed by atoms with Gasteiger partial charge in [0, 0.05) is 11.3 Å². The van der Waals surface area contributed by atoms with Crippen LogP contribution in [-0.2, 0) is 4.74 Å². The lowest BCUT2D eigenvalue weighted by Crippen LogP contribution is -2.27. The summed E-state index contributed by atoms with van der Waals surface area (Å²) in [7, 11) is 1.18. The Morgan fingerprint density at radius 1 is 1.27 bits per heavy atom. The zero-order valence-electron chi connectivity index (χ0n) is 12.6. The predicted molar refractivity (Wildman–Crippen MR) is 73.9 cm³/mol. The summed E-state index contributed by atoms with van der Waals surface area (Å²) in [5.74, 6) is -0.139. The number of hydrogen-bond donors (Lipinski definition) is 2. The van der Waals surface area contributed by atoms with Gasteiger partial charge in [0.1, 0.15) is 11.4 Å². The lowest BCUT2D eigenvalue weighted by Gasteiger charge is -2.21. The molecule has 124 valence electrons. The van der Waals surface area contributed by atoms with Gasteiger partial charge in [0.25, 0.3) is 0 Å². The Balaban J connectivity index is 3.03. The largest absolute Gasteiger partial charge is 0.496 e. The number of ether oxygens (including phenoxy) is 2. The van der Waals surface area contributed by atoms with Crippen LogP contribution in [0.2, 0.25) is 0 Å². The summed E-state index contributed by atoms with van der Waals surface area (Å²) >= 11 is 0. The van der Waals surface area contributed by atoms with Gasteiger partial charge >= 0.3 is 12.3 Å². The van der Waals surface area contributed by atoms with Crippen molar-refractivity contribution in [1.82, 2.24) is 0 Å².